The van der Waals surface area contributed by atoms with E-state index in [4.69, 9.17) is 4.74 Å². The summed E-state index contributed by atoms with van der Waals surface area (Å²) in [5.74, 6) is 0.202. The third-order valence-corrected chi connectivity index (χ3v) is 5.67. The second kappa shape index (κ2) is 9.23. The quantitative estimate of drug-likeness (QED) is 0.502. The van der Waals surface area contributed by atoms with Gasteiger partial charge >= 0.3 is 0 Å². The van der Waals surface area contributed by atoms with Crippen molar-refractivity contribution in [1.29, 1.82) is 0 Å². The van der Waals surface area contributed by atoms with Crippen LogP contribution < -0.4 is 14.4 Å². The molecule has 2 aromatic rings. The third kappa shape index (κ3) is 6.10. The molecule has 2 aromatic carbocycles. The summed E-state index contributed by atoms with van der Waals surface area (Å²) in [6, 6.07) is 10.7. The molecule has 0 radical (unpaired) electrons. The van der Waals surface area contributed by atoms with E-state index in [1.54, 1.807) is 31.4 Å². The zero-order valence-electron chi connectivity index (χ0n) is 19.4. The Morgan fingerprint density at radius 2 is 1.73 bits per heavy atom. The number of ether oxygens (including phenoxy) is 1. The Labute approximate surface area is 194 Å². The number of carbonyl (C=O) groups is 2. The number of sulfonamides is 1. The first-order valence-electron chi connectivity index (χ1n) is 10.4. The molecule has 1 heterocycles. The fourth-order valence-corrected chi connectivity index (χ4v) is 4.07. The van der Waals surface area contributed by atoms with E-state index in [0.717, 1.165) is 22.9 Å². The zero-order chi connectivity index (χ0) is 24.4. The summed E-state index contributed by atoms with van der Waals surface area (Å²) in [5, 5.41) is 0. The van der Waals surface area contributed by atoms with E-state index in [2.05, 4.69) is 25.5 Å². The number of methoxy groups -OCH3 is 1. The van der Waals surface area contributed by atoms with Gasteiger partial charge in [0.1, 0.15) is 5.75 Å². The van der Waals surface area contributed by atoms with Gasteiger partial charge in [0, 0.05) is 28.7 Å². The predicted octanol–water partition coefficient (Wildman–Crippen LogP) is 4.35. The van der Waals surface area contributed by atoms with Gasteiger partial charge in [0.2, 0.25) is 15.9 Å². The lowest BCUT2D eigenvalue weighted by atomic mass is 9.84. The van der Waals surface area contributed by atoms with E-state index in [0.29, 0.717) is 17.1 Å². The molecule has 0 spiro atoms. The topological polar surface area (TPSA) is 92.8 Å². The number of amides is 1. The first kappa shape index (κ1) is 24.3. The van der Waals surface area contributed by atoms with Gasteiger partial charge in [0.05, 0.1) is 19.8 Å². The number of nitrogens with zero attached hydrogens (tertiary/aromatic N) is 1. The van der Waals surface area contributed by atoms with Crippen molar-refractivity contribution in [1.82, 2.24) is 0 Å². The largest absolute Gasteiger partial charge is 0.496 e. The highest BCUT2D eigenvalue weighted by Crippen LogP contribution is 2.39. The highest BCUT2D eigenvalue weighted by atomic mass is 32.2. The molecule has 33 heavy (non-hydrogen) atoms. The highest BCUT2D eigenvalue weighted by Gasteiger charge is 2.26. The predicted molar refractivity (Wildman–Crippen MR) is 132 cm³/mol. The monoisotopic (exact) mass is 468 g/mol. The van der Waals surface area contributed by atoms with Crippen LogP contribution in [0.25, 0.3) is 12.2 Å². The second-order valence-electron chi connectivity index (χ2n) is 8.92. The molecular formula is C25H28N2O5S. The Balaban J connectivity index is 2.03. The van der Waals surface area contributed by atoms with Crippen molar-refractivity contribution in [3.8, 4) is 5.75 Å². The van der Waals surface area contributed by atoms with Gasteiger partial charge < -0.3 is 4.74 Å². The van der Waals surface area contributed by atoms with Crippen LogP contribution in [0.3, 0.4) is 0 Å². The Morgan fingerprint density at radius 1 is 1.06 bits per heavy atom. The lowest BCUT2D eigenvalue weighted by molar-refractivity contribution is -0.124. The molecule has 1 aliphatic rings. The molecular weight excluding hydrogens is 440 g/mol. The average Bonchev–Trinajstić information content (AvgIpc) is 2.71. The highest BCUT2D eigenvalue weighted by molar-refractivity contribution is 7.92. The number of hydrogen-bond acceptors (Lipinski definition) is 5. The molecule has 1 amide bonds. The molecule has 0 aromatic heterocycles. The number of anilines is 2. The van der Waals surface area contributed by atoms with Crippen LogP contribution >= 0.6 is 0 Å². The lowest BCUT2D eigenvalue weighted by Crippen LogP contribution is -2.31. The summed E-state index contributed by atoms with van der Waals surface area (Å²) in [6.07, 6.45) is 7.63. The Bertz CT molecular complexity index is 1240. The maximum atomic E-state index is 12.5. The van der Waals surface area contributed by atoms with Gasteiger partial charge in [-0.1, -0.05) is 45.1 Å². The van der Waals surface area contributed by atoms with Crippen LogP contribution in [0, 0.1) is 0 Å². The fraction of sp³-hybridized carbons (Fsp3) is 0.280. The molecule has 0 atom stereocenters. The van der Waals surface area contributed by atoms with E-state index >= 15 is 0 Å². The van der Waals surface area contributed by atoms with Gasteiger partial charge in [-0.2, -0.15) is 0 Å². The molecule has 0 aliphatic carbocycles. The average molecular weight is 469 g/mol. The molecule has 0 bridgehead atoms. The molecule has 1 N–H and O–H groups in total. The minimum absolute atomic E-state index is 0.160. The Morgan fingerprint density at radius 3 is 2.27 bits per heavy atom. The molecule has 3 rings (SSSR count). The van der Waals surface area contributed by atoms with E-state index in [1.165, 1.54) is 17.2 Å². The van der Waals surface area contributed by atoms with Gasteiger partial charge in [0.25, 0.3) is 0 Å². The molecule has 8 heteroatoms. The van der Waals surface area contributed by atoms with Crippen LogP contribution in [-0.2, 0) is 25.0 Å². The Hall–Kier alpha value is -3.39. The van der Waals surface area contributed by atoms with E-state index in [9.17, 15) is 18.0 Å². The van der Waals surface area contributed by atoms with E-state index in [-0.39, 0.29) is 23.5 Å². The van der Waals surface area contributed by atoms with Gasteiger partial charge in [-0.15, -0.1) is 0 Å². The number of carbonyl (C=O) groups excluding carboxylic acids is 2. The van der Waals surface area contributed by atoms with Crippen LogP contribution in [-0.4, -0.2) is 33.5 Å². The maximum Gasteiger partial charge on any atom is 0.238 e. The van der Waals surface area contributed by atoms with Crippen molar-refractivity contribution in [3.63, 3.8) is 0 Å². The summed E-state index contributed by atoms with van der Waals surface area (Å²) in [5.41, 5.74) is 3.43. The number of hydrogen-bond donors (Lipinski definition) is 1. The molecule has 0 unspecified atom stereocenters. The number of nitrogens with one attached hydrogen (secondary N) is 1. The van der Waals surface area contributed by atoms with Crippen molar-refractivity contribution >= 4 is 45.2 Å². The first-order valence-corrected chi connectivity index (χ1v) is 12.3. The van der Waals surface area contributed by atoms with Crippen LogP contribution in [0.4, 0.5) is 11.4 Å². The zero-order valence-corrected chi connectivity index (χ0v) is 20.2. The molecule has 1 aliphatic heterocycles. The van der Waals surface area contributed by atoms with Crippen molar-refractivity contribution in [3.05, 3.63) is 65.4 Å². The van der Waals surface area contributed by atoms with Crippen molar-refractivity contribution < 1.29 is 22.7 Å². The first-order chi connectivity index (χ1) is 15.4. The van der Waals surface area contributed by atoms with Crippen LogP contribution in [0.5, 0.6) is 5.75 Å². The minimum Gasteiger partial charge on any atom is -0.496 e. The standard InChI is InChI=1S/C25H28N2O5S/c1-25(2,3)22-15-20(27-13-12-21(28)16-23(27)29)14-18(24(22)32-4)9-6-17-7-10-19(11-8-17)26-33(5,30)31/h6-15,26H,16H2,1-5H3/b9-6+. The van der Waals surface area contributed by atoms with Crippen molar-refractivity contribution in [2.75, 3.05) is 23.0 Å². The summed E-state index contributed by atoms with van der Waals surface area (Å²) in [4.78, 5) is 25.6. The van der Waals surface area contributed by atoms with Crippen LogP contribution in [0.15, 0.2) is 48.7 Å². The van der Waals surface area contributed by atoms with Gasteiger partial charge in [-0.25, -0.2) is 8.42 Å². The fourth-order valence-electron chi connectivity index (χ4n) is 3.51. The summed E-state index contributed by atoms with van der Waals surface area (Å²) in [7, 11) is -1.73. The minimum atomic E-state index is -3.34. The summed E-state index contributed by atoms with van der Waals surface area (Å²) >= 11 is 0. The third-order valence-electron chi connectivity index (χ3n) is 5.07. The number of benzene rings is 2. The van der Waals surface area contributed by atoms with E-state index < -0.39 is 10.0 Å². The smallest absolute Gasteiger partial charge is 0.238 e. The van der Waals surface area contributed by atoms with Crippen LogP contribution in [0.1, 0.15) is 43.9 Å². The van der Waals surface area contributed by atoms with Crippen molar-refractivity contribution in [2.45, 2.75) is 32.6 Å². The Kier molecular flexibility index (Phi) is 6.78. The van der Waals surface area contributed by atoms with E-state index in [1.807, 2.05) is 24.3 Å². The number of ketones is 1. The number of allylic oxidation sites excluding steroid dienone is 1. The number of rotatable bonds is 6. The summed E-state index contributed by atoms with van der Waals surface area (Å²) in [6.45, 7) is 6.19. The van der Waals surface area contributed by atoms with Crippen molar-refractivity contribution in [2.24, 2.45) is 0 Å². The van der Waals surface area contributed by atoms with Gasteiger partial charge in [0.15, 0.2) is 5.78 Å². The summed E-state index contributed by atoms with van der Waals surface area (Å²) < 4.78 is 31.0. The maximum absolute atomic E-state index is 12.5. The van der Waals surface area contributed by atoms with Gasteiger partial charge in [-0.05, 0) is 41.3 Å². The van der Waals surface area contributed by atoms with Crippen LogP contribution in [0.2, 0.25) is 0 Å². The normalized spacial score (nSPS) is 14.8. The lowest BCUT2D eigenvalue weighted by Gasteiger charge is -2.28. The molecule has 0 fully saturated rings. The SMILES string of the molecule is COc1c(/C=C/c2ccc(NS(C)(=O)=O)cc2)cc(N2C=CC(=O)CC2=O)cc1C(C)(C)C. The van der Waals surface area contributed by atoms with Gasteiger partial charge in [-0.3, -0.25) is 19.2 Å². The molecule has 0 saturated carbocycles. The second-order valence-corrected chi connectivity index (χ2v) is 10.7. The molecule has 7 nitrogen and oxygen atoms in total. The molecule has 0 saturated heterocycles. The molecule has 174 valence electrons.